The van der Waals surface area contributed by atoms with E-state index in [1.54, 1.807) is 18.5 Å². The van der Waals surface area contributed by atoms with E-state index in [2.05, 4.69) is 15.0 Å². The summed E-state index contributed by atoms with van der Waals surface area (Å²) in [7, 11) is 0. The first-order valence-electron chi connectivity index (χ1n) is 7.41. The highest BCUT2D eigenvalue weighted by atomic mass is 16.3. The second-order valence-corrected chi connectivity index (χ2v) is 5.53. The number of hydrogen-bond donors (Lipinski definition) is 2. The molecule has 4 rings (SSSR count). The lowest BCUT2D eigenvalue weighted by molar-refractivity contribution is 0.477. The molecule has 0 aliphatic rings. The van der Waals surface area contributed by atoms with Gasteiger partial charge in [-0.2, -0.15) is 0 Å². The number of pyridine rings is 1. The molecule has 0 saturated heterocycles. The minimum absolute atomic E-state index is 0.203. The number of hydrogen-bond acceptors (Lipinski definition) is 3. The summed E-state index contributed by atoms with van der Waals surface area (Å²) in [6.45, 7) is 2.03. The molecule has 0 spiro atoms. The van der Waals surface area contributed by atoms with Crippen LogP contribution in [0.1, 0.15) is 5.56 Å². The molecule has 0 amide bonds. The molecule has 0 aliphatic heterocycles. The Morgan fingerprint density at radius 3 is 2.70 bits per heavy atom. The molecule has 2 aromatic heterocycles. The first kappa shape index (κ1) is 13.5. The number of phenolic OH excluding ortho intramolecular Hbond substituents is 1. The average molecular weight is 301 g/mol. The topological polar surface area (TPSA) is 61.8 Å². The second-order valence-electron chi connectivity index (χ2n) is 5.53. The first-order chi connectivity index (χ1) is 11.2. The third-order valence-electron chi connectivity index (χ3n) is 3.96. The lowest BCUT2D eigenvalue weighted by atomic mass is 10.0. The SMILES string of the molecule is Cc1cccc2[nH]c(-c3cc(-c4cccnc4)ccc3O)nc12. The van der Waals surface area contributed by atoms with Crippen molar-refractivity contribution >= 4 is 11.0 Å². The summed E-state index contributed by atoms with van der Waals surface area (Å²) >= 11 is 0. The highest BCUT2D eigenvalue weighted by molar-refractivity contribution is 5.84. The van der Waals surface area contributed by atoms with Crippen LogP contribution in [0.5, 0.6) is 5.75 Å². The minimum atomic E-state index is 0.203. The predicted octanol–water partition coefficient (Wildman–Crippen LogP) is 4.31. The molecule has 2 N–H and O–H groups in total. The minimum Gasteiger partial charge on any atom is -0.507 e. The number of aromatic amines is 1. The fourth-order valence-electron chi connectivity index (χ4n) is 2.74. The fourth-order valence-corrected chi connectivity index (χ4v) is 2.74. The number of imidazole rings is 1. The highest BCUT2D eigenvalue weighted by Gasteiger charge is 2.12. The van der Waals surface area contributed by atoms with E-state index >= 15 is 0 Å². The number of nitrogens with zero attached hydrogens (tertiary/aromatic N) is 2. The maximum absolute atomic E-state index is 10.3. The number of fused-ring (bicyclic) bond motifs is 1. The standard InChI is InChI=1S/C19H15N3O/c1-12-4-2-6-16-18(12)22-19(21-16)15-10-13(7-8-17(15)23)14-5-3-9-20-11-14/h2-11,23H,1H3,(H,21,22). The highest BCUT2D eigenvalue weighted by Crippen LogP contribution is 2.33. The summed E-state index contributed by atoms with van der Waals surface area (Å²) in [6, 6.07) is 15.4. The van der Waals surface area contributed by atoms with Crippen LogP contribution < -0.4 is 0 Å². The molecular formula is C19H15N3O. The van der Waals surface area contributed by atoms with Gasteiger partial charge >= 0.3 is 0 Å². The van der Waals surface area contributed by atoms with E-state index in [-0.39, 0.29) is 5.75 Å². The Labute approximate surface area is 133 Å². The van der Waals surface area contributed by atoms with E-state index in [0.717, 1.165) is 27.7 Å². The van der Waals surface area contributed by atoms with Gasteiger partial charge in [0.25, 0.3) is 0 Å². The quantitative estimate of drug-likeness (QED) is 0.580. The third kappa shape index (κ3) is 2.34. The third-order valence-corrected chi connectivity index (χ3v) is 3.96. The molecule has 2 aromatic carbocycles. The number of nitrogens with one attached hydrogen (secondary N) is 1. The lowest BCUT2D eigenvalue weighted by Gasteiger charge is -2.06. The van der Waals surface area contributed by atoms with Crippen molar-refractivity contribution in [1.29, 1.82) is 0 Å². The van der Waals surface area contributed by atoms with E-state index in [1.165, 1.54) is 0 Å². The Hall–Kier alpha value is -3.14. The van der Waals surface area contributed by atoms with Crippen LogP contribution in [0.15, 0.2) is 60.9 Å². The van der Waals surface area contributed by atoms with Crippen LogP contribution in [-0.2, 0) is 0 Å². The van der Waals surface area contributed by atoms with Gasteiger partial charge in [-0.25, -0.2) is 4.98 Å². The molecule has 4 aromatic rings. The van der Waals surface area contributed by atoms with Crippen LogP contribution in [0.3, 0.4) is 0 Å². The number of aromatic hydroxyl groups is 1. The summed E-state index contributed by atoms with van der Waals surface area (Å²) in [4.78, 5) is 12.1. The van der Waals surface area contributed by atoms with E-state index in [4.69, 9.17) is 0 Å². The normalized spacial score (nSPS) is 11.0. The van der Waals surface area contributed by atoms with Gasteiger partial charge < -0.3 is 10.1 Å². The first-order valence-corrected chi connectivity index (χ1v) is 7.41. The van der Waals surface area contributed by atoms with Gasteiger partial charge in [0.2, 0.25) is 0 Å². The van der Waals surface area contributed by atoms with Gasteiger partial charge in [0.05, 0.1) is 16.6 Å². The average Bonchev–Trinajstić information content (AvgIpc) is 3.01. The summed E-state index contributed by atoms with van der Waals surface area (Å²) in [5, 5.41) is 10.3. The number of aromatic nitrogens is 3. The van der Waals surface area contributed by atoms with Crippen molar-refractivity contribution in [3.63, 3.8) is 0 Å². The molecule has 0 radical (unpaired) electrons. The zero-order valence-electron chi connectivity index (χ0n) is 12.6. The van der Waals surface area contributed by atoms with Crippen molar-refractivity contribution in [3.05, 3.63) is 66.5 Å². The van der Waals surface area contributed by atoms with Gasteiger partial charge in [-0.05, 0) is 42.3 Å². The Kier molecular flexibility index (Phi) is 3.08. The monoisotopic (exact) mass is 301 g/mol. The molecule has 0 aliphatic carbocycles. The molecular weight excluding hydrogens is 286 g/mol. The van der Waals surface area contributed by atoms with Crippen LogP contribution in [0, 0.1) is 6.92 Å². The number of H-pyrrole nitrogens is 1. The number of benzene rings is 2. The van der Waals surface area contributed by atoms with Gasteiger partial charge in [0.1, 0.15) is 11.6 Å². The van der Waals surface area contributed by atoms with Gasteiger partial charge in [0, 0.05) is 18.0 Å². The second kappa shape index (κ2) is 5.25. The molecule has 4 nitrogen and oxygen atoms in total. The fraction of sp³-hybridized carbons (Fsp3) is 0.0526. The smallest absolute Gasteiger partial charge is 0.142 e. The van der Waals surface area contributed by atoms with Gasteiger partial charge in [-0.3, -0.25) is 4.98 Å². The maximum atomic E-state index is 10.3. The van der Waals surface area contributed by atoms with Crippen molar-refractivity contribution < 1.29 is 5.11 Å². The van der Waals surface area contributed by atoms with Crippen LogP contribution in [0.25, 0.3) is 33.5 Å². The Balaban J connectivity index is 1.88. The number of phenols is 1. The Morgan fingerprint density at radius 2 is 1.91 bits per heavy atom. The maximum Gasteiger partial charge on any atom is 0.142 e. The van der Waals surface area contributed by atoms with Gasteiger partial charge in [0.15, 0.2) is 0 Å². The molecule has 2 heterocycles. The summed E-state index contributed by atoms with van der Waals surface area (Å²) in [6.07, 6.45) is 3.55. The van der Waals surface area contributed by atoms with Gasteiger partial charge in [-0.1, -0.05) is 24.3 Å². The van der Waals surface area contributed by atoms with Gasteiger partial charge in [-0.15, -0.1) is 0 Å². The summed E-state index contributed by atoms with van der Waals surface area (Å²) in [5.74, 6) is 0.867. The van der Waals surface area contributed by atoms with Crippen molar-refractivity contribution in [3.8, 4) is 28.3 Å². The Bertz CT molecular complexity index is 990. The van der Waals surface area contributed by atoms with Crippen LogP contribution in [-0.4, -0.2) is 20.1 Å². The van der Waals surface area contributed by atoms with Crippen molar-refractivity contribution in [1.82, 2.24) is 15.0 Å². The predicted molar refractivity (Wildman–Crippen MR) is 91.2 cm³/mol. The summed E-state index contributed by atoms with van der Waals surface area (Å²) in [5.41, 5.74) is 5.67. The van der Waals surface area contributed by atoms with E-state index in [0.29, 0.717) is 11.4 Å². The van der Waals surface area contributed by atoms with E-state index < -0.39 is 0 Å². The summed E-state index contributed by atoms with van der Waals surface area (Å²) < 4.78 is 0. The molecule has 0 fully saturated rings. The van der Waals surface area contributed by atoms with E-state index in [9.17, 15) is 5.11 Å². The largest absolute Gasteiger partial charge is 0.507 e. The number of para-hydroxylation sites is 1. The molecule has 0 unspecified atom stereocenters. The van der Waals surface area contributed by atoms with Crippen LogP contribution >= 0.6 is 0 Å². The lowest BCUT2D eigenvalue weighted by Crippen LogP contribution is -1.85. The van der Waals surface area contributed by atoms with Crippen molar-refractivity contribution in [2.75, 3.05) is 0 Å². The zero-order valence-corrected chi connectivity index (χ0v) is 12.6. The molecule has 23 heavy (non-hydrogen) atoms. The van der Waals surface area contributed by atoms with Crippen LogP contribution in [0.2, 0.25) is 0 Å². The molecule has 0 atom stereocenters. The van der Waals surface area contributed by atoms with E-state index in [1.807, 2.05) is 49.4 Å². The number of aryl methyl sites for hydroxylation is 1. The van der Waals surface area contributed by atoms with Crippen molar-refractivity contribution in [2.24, 2.45) is 0 Å². The molecule has 0 bridgehead atoms. The zero-order chi connectivity index (χ0) is 15.8. The molecule has 0 saturated carbocycles. The van der Waals surface area contributed by atoms with Crippen LogP contribution in [0.4, 0.5) is 0 Å². The molecule has 112 valence electrons. The Morgan fingerprint density at radius 1 is 1.00 bits per heavy atom. The number of rotatable bonds is 2. The molecule has 4 heteroatoms. The van der Waals surface area contributed by atoms with Crippen molar-refractivity contribution in [2.45, 2.75) is 6.92 Å².